The van der Waals surface area contributed by atoms with Crippen LogP contribution in [0.3, 0.4) is 0 Å². The summed E-state index contributed by atoms with van der Waals surface area (Å²) < 4.78 is 18.2. The first-order valence-corrected chi connectivity index (χ1v) is 8.05. The van der Waals surface area contributed by atoms with Gasteiger partial charge in [0.2, 0.25) is 5.91 Å². The van der Waals surface area contributed by atoms with Crippen LogP contribution in [-0.2, 0) is 9.59 Å². The number of amidine groups is 1. The fraction of sp³-hybridized carbons (Fsp3) is 0.125. The summed E-state index contributed by atoms with van der Waals surface area (Å²) in [5.41, 5.74) is 0.388. The van der Waals surface area contributed by atoms with Crippen molar-refractivity contribution in [3.8, 4) is 0 Å². The Balaban J connectivity index is 1.90. The lowest BCUT2D eigenvalue weighted by molar-refractivity contribution is -0.138. The summed E-state index contributed by atoms with van der Waals surface area (Å²) >= 11 is 0.999. The Bertz CT molecular complexity index is 834. The Labute approximate surface area is 145 Å². The third-order valence-electron chi connectivity index (χ3n) is 3.25. The number of amides is 1. The molecule has 0 aliphatic carbocycles. The van der Waals surface area contributed by atoms with Gasteiger partial charge in [0.05, 0.1) is 24.6 Å². The number of carbonyl (C=O) groups is 2. The lowest BCUT2D eigenvalue weighted by Crippen LogP contribution is -2.32. The number of hydrogen-bond acceptors (Lipinski definition) is 6. The number of rotatable bonds is 5. The average molecular weight is 361 g/mol. The van der Waals surface area contributed by atoms with E-state index in [9.17, 15) is 14.0 Å². The molecule has 0 radical (unpaired) electrons. The molecular weight excluding hydrogens is 349 g/mol. The first kappa shape index (κ1) is 16.9. The SMILES string of the molecule is O=C(O)C[C@H]1S/C(=N\N=C\c2ccco2)N(c2ccc(F)cc2)C1=O. The Morgan fingerprint density at radius 2 is 2.12 bits per heavy atom. The Hall–Kier alpha value is -2.94. The topological polar surface area (TPSA) is 95.5 Å². The molecule has 7 nitrogen and oxygen atoms in total. The van der Waals surface area contributed by atoms with Crippen LogP contribution in [0.1, 0.15) is 12.2 Å². The van der Waals surface area contributed by atoms with Gasteiger partial charge in [-0.05, 0) is 36.4 Å². The van der Waals surface area contributed by atoms with Gasteiger partial charge in [0, 0.05) is 0 Å². The van der Waals surface area contributed by atoms with E-state index in [1.807, 2.05) is 0 Å². The molecule has 1 saturated heterocycles. The highest BCUT2D eigenvalue weighted by Gasteiger charge is 2.40. The fourth-order valence-corrected chi connectivity index (χ4v) is 3.23. The van der Waals surface area contributed by atoms with Crippen molar-refractivity contribution < 1.29 is 23.5 Å². The van der Waals surface area contributed by atoms with E-state index in [1.54, 1.807) is 12.1 Å². The number of anilines is 1. The van der Waals surface area contributed by atoms with Crippen LogP contribution >= 0.6 is 11.8 Å². The predicted octanol–water partition coefficient (Wildman–Crippen LogP) is 2.73. The molecule has 0 saturated carbocycles. The maximum absolute atomic E-state index is 13.1. The Kier molecular flexibility index (Phi) is 4.94. The van der Waals surface area contributed by atoms with E-state index in [0.717, 1.165) is 11.8 Å². The molecule has 1 aliphatic rings. The van der Waals surface area contributed by atoms with Crippen LogP contribution in [0.5, 0.6) is 0 Å². The molecule has 1 aliphatic heterocycles. The molecule has 1 N–H and O–H groups in total. The summed E-state index contributed by atoms with van der Waals surface area (Å²) in [6.45, 7) is 0. The molecule has 2 heterocycles. The van der Waals surface area contributed by atoms with Crippen molar-refractivity contribution >= 4 is 40.7 Å². The molecular formula is C16H12FN3O4S. The van der Waals surface area contributed by atoms with Crippen LogP contribution in [-0.4, -0.2) is 33.6 Å². The van der Waals surface area contributed by atoms with Crippen LogP contribution in [0.4, 0.5) is 10.1 Å². The number of aliphatic carboxylic acids is 1. The molecule has 3 rings (SSSR count). The number of furan rings is 1. The molecule has 25 heavy (non-hydrogen) atoms. The minimum atomic E-state index is -1.09. The van der Waals surface area contributed by atoms with Gasteiger partial charge in [0.25, 0.3) is 0 Å². The first-order chi connectivity index (χ1) is 12.0. The van der Waals surface area contributed by atoms with Crippen LogP contribution in [0, 0.1) is 5.82 Å². The zero-order valence-corrected chi connectivity index (χ0v) is 13.5. The number of benzene rings is 1. The number of carbonyl (C=O) groups excluding carboxylic acids is 1. The van der Waals surface area contributed by atoms with Gasteiger partial charge in [0.1, 0.15) is 16.8 Å². The lowest BCUT2D eigenvalue weighted by Gasteiger charge is -2.15. The largest absolute Gasteiger partial charge is 0.481 e. The quantitative estimate of drug-likeness (QED) is 0.653. The first-order valence-electron chi connectivity index (χ1n) is 7.17. The van der Waals surface area contributed by atoms with E-state index in [0.29, 0.717) is 11.4 Å². The Morgan fingerprint density at radius 1 is 1.36 bits per heavy atom. The van der Waals surface area contributed by atoms with Crippen molar-refractivity contribution in [1.29, 1.82) is 0 Å². The molecule has 0 unspecified atom stereocenters. The third kappa shape index (κ3) is 3.94. The van der Waals surface area contributed by atoms with Crippen molar-refractivity contribution in [3.63, 3.8) is 0 Å². The molecule has 1 aromatic carbocycles. The van der Waals surface area contributed by atoms with Gasteiger partial charge < -0.3 is 9.52 Å². The van der Waals surface area contributed by atoms with Gasteiger partial charge in [0.15, 0.2) is 5.17 Å². The molecule has 1 atom stereocenters. The monoisotopic (exact) mass is 361 g/mol. The summed E-state index contributed by atoms with van der Waals surface area (Å²) in [4.78, 5) is 24.7. The number of nitrogens with zero attached hydrogens (tertiary/aromatic N) is 3. The van der Waals surface area contributed by atoms with Gasteiger partial charge in [-0.2, -0.15) is 5.10 Å². The minimum absolute atomic E-state index is 0.214. The van der Waals surface area contributed by atoms with Crippen LogP contribution in [0.15, 0.2) is 57.3 Å². The minimum Gasteiger partial charge on any atom is -0.481 e. The lowest BCUT2D eigenvalue weighted by atomic mass is 10.2. The number of carboxylic acid groups (broad SMARTS) is 1. The van der Waals surface area contributed by atoms with Crippen LogP contribution in [0.2, 0.25) is 0 Å². The standard InChI is InChI=1S/C16H12FN3O4S/c17-10-3-5-11(6-4-10)20-15(23)13(8-14(21)22)25-16(20)19-18-9-12-2-1-7-24-12/h1-7,9,13H,8H2,(H,21,22)/b18-9+,19-16-/t13-/m1/s1. The van der Waals surface area contributed by atoms with E-state index in [1.165, 1.54) is 41.6 Å². The second-order valence-electron chi connectivity index (χ2n) is 5.00. The molecule has 1 amide bonds. The van der Waals surface area contributed by atoms with Crippen molar-refractivity contribution in [2.24, 2.45) is 10.2 Å². The second kappa shape index (κ2) is 7.31. The third-order valence-corrected chi connectivity index (χ3v) is 4.38. The number of hydrogen-bond donors (Lipinski definition) is 1. The summed E-state index contributed by atoms with van der Waals surface area (Å²) in [7, 11) is 0. The van der Waals surface area contributed by atoms with Gasteiger partial charge in [-0.25, -0.2) is 4.39 Å². The van der Waals surface area contributed by atoms with Crippen LogP contribution < -0.4 is 4.90 Å². The number of thioether (sulfide) groups is 1. The number of carboxylic acids is 1. The normalized spacial score (nSPS) is 19.2. The molecule has 9 heteroatoms. The van der Waals surface area contributed by atoms with Gasteiger partial charge in [-0.3, -0.25) is 14.5 Å². The molecule has 0 spiro atoms. The Morgan fingerprint density at radius 3 is 2.76 bits per heavy atom. The van der Waals surface area contributed by atoms with Gasteiger partial charge in [-0.15, -0.1) is 5.10 Å². The summed E-state index contributed by atoms with van der Waals surface area (Å²) in [5.74, 6) is -1.50. The molecule has 0 bridgehead atoms. The van der Waals surface area contributed by atoms with Crippen molar-refractivity contribution in [2.75, 3.05) is 4.90 Å². The zero-order chi connectivity index (χ0) is 17.8. The van der Waals surface area contributed by atoms with Crippen molar-refractivity contribution in [2.45, 2.75) is 11.7 Å². The highest BCUT2D eigenvalue weighted by atomic mass is 32.2. The number of halogens is 1. The maximum Gasteiger partial charge on any atom is 0.305 e. The van der Waals surface area contributed by atoms with E-state index < -0.39 is 22.9 Å². The zero-order valence-electron chi connectivity index (χ0n) is 12.7. The molecule has 1 aromatic heterocycles. The highest BCUT2D eigenvalue weighted by Crippen LogP contribution is 2.33. The van der Waals surface area contributed by atoms with E-state index in [4.69, 9.17) is 9.52 Å². The second-order valence-corrected chi connectivity index (χ2v) is 6.17. The molecule has 2 aromatic rings. The average Bonchev–Trinajstić information content (AvgIpc) is 3.18. The summed E-state index contributed by atoms with van der Waals surface area (Å²) in [5, 5.41) is 16.2. The van der Waals surface area contributed by atoms with Crippen LogP contribution in [0.25, 0.3) is 0 Å². The molecule has 128 valence electrons. The summed E-state index contributed by atoms with van der Waals surface area (Å²) in [6, 6.07) is 8.63. The summed E-state index contributed by atoms with van der Waals surface area (Å²) in [6.07, 6.45) is 2.50. The smallest absolute Gasteiger partial charge is 0.305 e. The van der Waals surface area contributed by atoms with E-state index in [-0.39, 0.29) is 11.6 Å². The fourth-order valence-electron chi connectivity index (χ4n) is 2.15. The van der Waals surface area contributed by atoms with E-state index >= 15 is 0 Å². The molecule has 1 fully saturated rings. The van der Waals surface area contributed by atoms with Crippen molar-refractivity contribution in [3.05, 3.63) is 54.2 Å². The highest BCUT2D eigenvalue weighted by molar-refractivity contribution is 8.16. The van der Waals surface area contributed by atoms with E-state index in [2.05, 4.69) is 10.2 Å². The van der Waals surface area contributed by atoms with Crippen molar-refractivity contribution in [1.82, 2.24) is 0 Å². The van der Waals surface area contributed by atoms with Gasteiger partial charge in [-0.1, -0.05) is 11.8 Å². The predicted molar refractivity (Wildman–Crippen MR) is 91.3 cm³/mol. The van der Waals surface area contributed by atoms with Gasteiger partial charge >= 0.3 is 5.97 Å². The maximum atomic E-state index is 13.1.